The summed E-state index contributed by atoms with van der Waals surface area (Å²) in [5.74, 6) is -1.48. The topological polar surface area (TPSA) is 98.9 Å². The van der Waals surface area contributed by atoms with Crippen LogP contribution in [0, 0.1) is 11.6 Å². The van der Waals surface area contributed by atoms with E-state index in [4.69, 9.17) is 0 Å². The number of amides is 3. The second-order valence-corrected chi connectivity index (χ2v) is 6.27. The largest absolute Gasteiger partial charge is 0.336 e. The third-order valence-corrected chi connectivity index (χ3v) is 4.33. The van der Waals surface area contributed by atoms with E-state index in [9.17, 15) is 18.4 Å². The van der Waals surface area contributed by atoms with Gasteiger partial charge in [-0.05, 0) is 29.8 Å². The molecule has 3 amide bonds. The normalized spacial score (nSPS) is 16.4. The van der Waals surface area contributed by atoms with E-state index in [1.807, 2.05) is 0 Å². The van der Waals surface area contributed by atoms with E-state index in [0.29, 0.717) is 16.6 Å². The Morgan fingerprint density at radius 1 is 1.18 bits per heavy atom. The quantitative estimate of drug-likeness (QED) is 0.557. The zero-order chi connectivity index (χ0) is 19.7. The number of halogens is 2. The summed E-state index contributed by atoms with van der Waals surface area (Å²) in [4.78, 5) is 23.4. The van der Waals surface area contributed by atoms with Crippen molar-refractivity contribution in [2.24, 2.45) is 0 Å². The number of carbonyl (C=O) groups excluding carboxylic acids is 2. The lowest BCUT2D eigenvalue weighted by atomic mass is 10.1. The van der Waals surface area contributed by atoms with Gasteiger partial charge >= 0.3 is 6.03 Å². The Morgan fingerprint density at radius 2 is 1.96 bits per heavy atom. The number of rotatable bonds is 4. The SMILES string of the molecule is O=C1NCC(C(=O)Nc2cc3c(C=Cc4ccc(F)cc4)n[nH]c3cc2F)N1. The van der Waals surface area contributed by atoms with Gasteiger partial charge in [-0.15, -0.1) is 0 Å². The summed E-state index contributed by atoms with van der Waals surface area (Å²) < 4.78 is 27.3. The molecule has 4 N–H and O–H groups in total. The van der Waals surface area contributed by atoms with Crippen molar-refractivity contribution in [3.8, 4) is 0 Å². The molecule has 1 unspecified atom stereocenters. The minimum atomic E-state index is -0.773. The van der Waals surface area contributed by atoms with Gasteiger partial charge in [0.2, 0.25) is 5.91 Å². The number of H-pyrrole nitrogens is 1. The summed E-state index contributed by atoms with van der Waals surface area (Å²) in [6, 6.07) is 7.43. The first-order chi connectivity index (χ1) is 13.5. The standard InChI is InChI=1S/C19H15F2N5O2/c20-11-4-1-10(2-5-11)3-6-14-12-7-16(13(21)8-15(12)26-25-14)23-18(27)17-9-22-19(28)24-17/h1-8,17H,9H2,(H,23,27)(H,25,26)(H2,22,24,28). The number of nitrogens with one attached hydrogen (secondary N) is 4. The molecule has 0 saturated carbocycles. The van der Waals surface area contributed by atoms with Gasteiger partial charge in [0, 0.05) is 18.0 Å². The molecule has 3 aromatic rings. The van der Waals surface area contributed by atoms with Crippen LogP contribution in [0.1, 0.15) is 11.3 Å². The van der Waals surface area contributed by atoms with E-state index in [2.05, 4.69) is 26.1 Å². The molecule has 0 spiro atoms. The number of aromatic amines is 1. The molecule has 2 heterocycles. The third kappa shape index (κ3) is 3.54. The molecule has 1 fully saturated rings. The summed E-state index contributed by atoms with van der Waals surface area (Å²) in [6.45, 7) is 0.131. The Balaban J connectivity index is 1.59. The lowest BCUT2D eigenvalue weighted by Gasteiger charge is -2.11. The second kappa shape index (κ2) is 7.10. The maximum atomic E-state index is 14.3. The minimum Gasteiger partial charge on any atom is -0.336 e. The monoisotopic (exact) mass is 383 g/mol. The number of benzene rings is 2. The number of carbonyl (C=O) groups is 2. The van der Waals surface area contributed by atoms with Crippen LogP contribution < -0.4 is 16.0 Å². The van der Waals surface area contributed by atoms with Crippen LogP contribution in [-0.2, 0) is 4.79 Å². The van der Waals surface area contributed by atoms with Gasteiger partial charge < -0.3 is 16.0 Å². The van der Waals surface area contributed by atoms with Crippen molar-refractivity contribution in [1.29, 1.82) is 0 Å². The highest BCUT2D eigenvalue weighted by Crippen LogP contribution is 2.25. The van der Waals surface area contributed by atoms with Gasteiger partial charge in [-0.25, -0.2) is 13.6 Å². The van der Waals surface area contributed by atoms with E-state index in [-0.39, 0.29) is 18.0 Å². The molecule has 1 aliphatic heterocycles. The zero-order valence-corrected chi connectivity index (χ0v) is 14.4. The lowest BCUT2D eigenvalue weighted by molar-refractivity contribution is -0.117. The highest BCUT2D eigenvalue weighted by molar-refractivity contribution is 6.01. The fourth-order valence-corrected chi connectivity index (χ4v) is 2.86. The van der Waals surface area contributed by atoms with E-state index >= 15 is 0 Å². The van der Waals surface area contributed by atoms with Crippen LogP contribution in [0.3, 0.4) is 0 Å². The molecule has 7 nitrogen and oxygen atoms in total. The molecular weight excluding hydrogens is 368 g/mol. The first-order valence-electron chi connectivity index (χ1n) is 8.46. The van der Waals surface area contributed by atoms with Crippen molar-refractivity contribution in [3.05, 3.63) is 59.3 Å². The van der Waals surface area contributed by atoms with Gasteiger partial charge in [-0.3, -0.25) is 9.89 Å². The number of hydrogen-bond donors (Lipinski definition) is 4. The maximum absolute atomic E-state index is 14.3. The van der Waals surface area contributed by atoms with Gasteiger partial charge in [0.05, 0.1) is 16.9 Å². The van der Waals surface area contributed by atoms with Gasteiger partial charge in [0.15, 0.2) is 0 Å². The molecule has 1 atom stereocenters. The summed E-state index contributed by atoms with van der Waals surface area (Å²) in [7, 11) is 0. The van der Waals surface area contributed by atoms with Crippen LogP contribution in [0.15, 0.2) is 36.4 Å². The van der Waals surface area contributed by atoms with E-state index in [1.54, 1.807) is 24.3 Å². The molecule has 1 aliphatic rings. The average Bonchev–Trinajstić information content (AvgIpc) is 3.28. The summed E-state index contributed by atoms with van der Waals surface area (Å²) in [5.41, 5.74) is 1.75. The van der Waals surface area contributed by atoms with Crippen LogP contribution in [0.25, 0.3) is 23.1 Å². The highest BCUT2D eigenvalue weighted by Gasteiger charge is 2.27. The summed E-state index contributed by atoms with van der Waals surface area (Å²) in [6.07, 6.45) is 3.45. The predicted octanol–water partition coefficient (Wildman–Crippen LogP) is 2.63. The molecular formula is C19H15F2N5O2. The first-order valence-corrected chi connectivity index (χ1v) is 8.46. The smallest absolute Gasteiger partial charge is 0.315 e. The molecule has 1 aromatic heterocycles. The Morgan fingerprint density at radius 3 is 2.68 bits per heavy atom. The lowest BCUT2D eigenvalue weighted by Crippen LogP contribution is -2.38. The molecule has 1 saturated heterocycles. The number of aromatic nitrogens is 2. The van der Waals surface area contributed by atoms with E-state index in [0.717, 1.165) is 5.56 Å². The second-order valence-electron chi connectivity index (χ2n) is 6.27. The minimum absolute atomic E-state index is 0.0171. The molecule has 0 bridgehead atoms. The molecule has 0 aliphatic carbocycles. The molecule has 28 heavy (non-hydrogen) atoms. The molecule has 9 heteroatoms. The maximum Gasteiger partial charge on any atom is 0.315 e. The Hall–Kier alpha value is -3.75. The van der Waals surface area contributed by atoms with Crippen LogP contribution in [-0.4, -0.2) is 34.7 Å². The molecule has 2 aromatic carbocycles. The average molecular weight is 383 g/mol. The van der Waals surface area contributed by atoms with Gasteiger partial charge in [0.1, 0.15) is 17.7 Å². The molecule has 0 radical (unpaired) electrons. The fourth-order valence-electron chi connectivity index (χ4n) is 2.86. The first kappa shape index (κ1) is 17.7. The summed E-state index contributed by atoms with van der Waals surface area (Å²) >= 11 is 0. The van der Waals surface area contributed by atoms with Crippen molar-refractivity contribution >= 4 is 40.7 Å². The Bertz CT molecular complexity index is 1090. The van der Waals surface area contributed by atoms with Crippen molar-refractivity contribution in [3.63, 3.8) is 0 Å². The van der Waals surface area contributed by atoms with Crippen LogP contribution in [0.2, 0.25) is 0 Å². The van der Waals surface area contributed by atoms with Crippen molar-refractivity contribution in [2.75, 3.05) is 11.9 Å². The number of urea groups is 1. The van der Waals surface area contributed by atoms with Crippen molar-refractivity contribution in [2.45, 2.75) is 6.04 Å². The highest BCUT2D eigenvalue weighted by atomic mass is 19.1. The number of fused-ring (bicyclic) bond motifs is 1. The van der Waals surface area contributed by atoms with Crippen molar-refractivity contribution in [1.82, 2.24) is 20.8 Å². The number of anilines is 1. The molecule has 4 rings (SSSR count). The Labute approximate surface area is 157 Å². The van der Waals surface area contributed by atoms with Gasteiger partial charge in [-0.1, -0.05) is 18.2 Å². The van der Waals surface area contributed by atoms with Gasteiger partial charge in [0.25, 0.3) is 0 Å². The van der Waals surface area contributed by atoms with Crippen molar-refractivity contribution < 1.29 is 18.4 Å². The summed E-state index contributed by atoms with van der Waals surface area (Å²) in [5, 5.41) is 14.9. The van der Waals surface area contributed by atoms with Crippen LogP contribution in [0.4, 0.5) is 19.3 Å². The van der Waals surface area contributed by atoms with Gasteiger partial charge in [-0.2, -0.15) is 5.10 Å². The fraction of sp³-hybridized carbons (Fsp3) is 0.105. The van der Waals surface area contributed by atoms with Crippen LogP contribution >= 0.6 is 0 Å². The Kier molecular flexibility index (Phi) is 4.48. The predicted molar refractivity (Wildman–Crippen MR) is 100 cm³/mol. The van der Waals surface area contributed by atoms with E-state index in [1.165, 1.54) is 24.3 Å². The van der Waals surface area contributed by atoms with Crippen LogP contribution in [0.5, 0.6) is 0 Å². The van der Waals surface area contributed by atoms with E-state index < -0.39 is 23.8 Å². The third-order valence-electron chi connectivity index (χ3n) is 4.33. The number of nitrogens with zero attached hydrogens (tertiary/aromatic N) is 1. The molecule has 142 valence electrons. The zero-order valence-electron chi connectivity index (χ0n) is 14.4. The number of hydrogen-bond acceptors (Lipinski definition) is 3.